The molecule has 0 bridgehead atoms. The molecule has 2 heterocycles. The van der Waals surface area contributed by atoms with Crippen LogP contribution in [-0.4, -0.2) is 25.1 Å². The van der Waals surface area contributed by atoms with Crippen LogP contribution in [0.5, 0.6) is 0 Å². The van der Waals surface area contributed by atoms with Crippen molar-refractivity contribution in [3.05, 3.63) is 10.6 Å². The number of thiazole rings is 1. The molecule has 0 aliphatic carbocycles. The van der Waals surface area contributed by atoms with Gasteiger partial charge in [-0.1, -0.05) is 34.6 Å². The van der Waals surface area contributed by atoms with Gasteiger partial charge in [-0.05, 0) is 37.1 Å². The maximum Gasteiger partial charge on any atom is 0.185 e. The molecule has 0 unspecified atom stereocenters. The van der Waals surface area contributed by atoms with Crippen LogP contribution in [0.2, 0.25) is 0 Å². The van der Waals surface area contributed by atoms with Crippen LogP contribution in [0.15, 0.2) is 0 Å². The lowest BCUT2D eigenvalue weighted by molar-refractivity contribution is 0.199. The second kappa shape index (κ2) is 6.66. The summed E-state index contributed by atoms with van der Waals surface area (Å²) < 4.78 is 0. The van der Waals surface area contributed by atoms with E-state index in [1.165, 1.54) is 28.5 Å². The molecule has 1 fully saturated rings. The van der Waals surface area contributed by atoms with Crippen LogP contribution in [-0.2, 0) is 6.54 Å². The molecular formula is C17H31N3S. The fourth-order valence-electron chi connectivity index (χ4n) is 3.16. The van der Waals surface area contributed by atoms with Crippen LogP contribution in [0, 0.1) is 11.3 Å². The molecule has 2 rings (SSSR count). The Hall–Kier alpha value is -0.610. The number of nitrogens with zero attached hydrogens (tertiary/aromatic N) is 2. The summed E-state index contributed by atoms with van der Waals surface area (Å²) in [5.41, 5.74) is 1.72. The number of rotatable bonds is 4. The molecule has 0 amide bonds. The van der Waals surface area contributed by atoms with Crippen molar-refractivity contribution >= 4 is 16.5 Å². The van der Waals surface area contributed by atoms with E-state index in [0.717, 1.165) is 25.6 Å². The smallest absolute Gasteiger partial charge is 0.185 e. The van der Waals surface area contributed by atoms with Crippen LogP contribution in [0.3, 0.4) is 0 Å². The van der Waals surface area contributed by atoms with Gasteiger partial charge in [0.2, 0.25) is 0 Å². The van der Waals surface area contributed by atoms with Crippen LogP contribution in [0.1, 0.15) is 63.9 Å². The van der Waals surface area contributed by atoms with Gasteiger partial charge in [0.1, 0.15) is 0 Å². The summed E-state index contributed by atoms with van der Waals surface area (Å²) in [5, 5.41) is 4.51. The number of nitrogens with one attached hydrogen (secondary N) is 1. The Balaban J connectivity index is 2.08. The molecule has 1 aromatic rings. The van der Waals surface area contributed by atoms with Crippen molar-refractivity contribution in [1.82, 2.24) is 10.3 Å². The van der Waals surface area contributed by atoms with Crippen molar-refractivity contribution in [2.75, 3.05) is 25.0 Å². The molecule has 1 aliphatic rings. The zero-order chi connectivity index (χ0) is 15.6. The van der Waals surface area contributed by atoms with Gasteiger partial charge in [0.15, 0.2) is 5.13 Å². The van der Waals surface area contributed by atoms with Crippen molar-refractivity contribution in [3.8, 4) is 0 Å². The highest BCUT2D eigenvalue weighted by molar-refractivity contribution is 7.15. The van der Waals surface area contributed by atoms with E-state index < -0.39 is 0 Å². The topological polar surface area (TPSA) is 28.2 Å². The highest BCUT2D eigenvalue weighted by Crippen LogP contribution is 2.37. The Morgan fingerprint density at radius 2 is 1.90 bits per heavy atom. The summed E-state index contributed by atoms with van der Waals surface area (Å²) in [6, 6.07) is 0. The molecule has 1 saturated heterocycles. The van der Waals surface area contributed by atoms with Crippen LogP contribution >= 0.6 is 11.3 Å². The lowest BCUT2D eigenvalue weighted by Gasteiger charge is -2.38. The van der Waals surface area contributed by atoms with Crippen LogP contribution in [0.25, 0.3) is 0 Å². The average Bonchev–Trinajstić information content (AvgIpc) is 2.82. The zero-order valence-corrected chi connectivity index (χ0v) is 15.3. The minimum absolute atomic E-state index is 0.440. The average molecular weight is 310 g/mol. The minimum atomic E-state index is 0.440. The lowest BCUT2D eigenvalue weighted by Crippen LogP contribution is -2.38. The molecule has 0 spiro atoms. The Morgan fingerprint density at radius 3 is 2.38 bits per heavy atom. The van der Waals surface area contributed by atoms with Gasteiger partial charge in [-0.2, -0.15) is 0 Å². The van der Waals surface area contributed by atoms with Gasteiger partial charge in [-0.25, -0.2) is 4.98 Å². The summed E-state index contributed by atoms with van der Waals surface area (Å²) in [4.78, 5) is 8.84. The summed E-state index contributed by atoms with van der Waals surface area (Å²) >= 11 is 1.88. The quantitative estimate of drug-likeness (QED) is 0.901. The number of hydrogen-bond acceptors (Lipinski definition) is 4. The number of hydrogen-bond donors (Lipinski definition) is 1. The molecule has 0 radical (unpaired) electrons. The fourth-order valence-corrected chi connectivity index (χ4v) is 4.44. The van der Waals surface area contributed by atoms with E-state index >= 15 is 0 Å². The highest BCUT2D eigenvalue weighted by atomic mass is 32.1. The summed E-state index contributed by atoms with van der Waals surface area (Å²) in [6.07, 6.45) is 2.59. The Morgan fingerprint density at radius 1 is 1.29 bits per heavy atom. The molecule has 0 saturated carbocycles. The molecule has 0 aromatic carbocycles. The van der Waals surface area contributed by atoms with Gasteiger partial charge >= 0.3 is 0 Å². The van der Waals surface area contributed by atoms with Crippen molar-refractivity contribution in [2.45, 2.75) is 59.9 Å². The monoisotopic (exact) mass is 309 g/mol. The molecule has 3 nitrogen and oxygen atoms in total. The van der Waals surface area contributed by atoms with Gasteiger partial charge in [0.25, 0.3) is 0 Å². The van der Waals surface area contributed by atoms with Gasteiger partial charge in [-0.3, -0.25) is 0 Å². The van der Waals surface area contributed by atoms with Gasteiger partial charge in [-0.15, -0.1) is 11.3 Å². The molecule has 0 atom stereocenters. The zero-order valence-electron chi connectivity index (χ0n) is 14.5. The predicted octanol–water partition coefficient (Wildman–Crippen LogP) is 4.25. The van der Waals surface area contributed by atoms with E-state index in [1.807, 2.05) is 18.4 Å². The van der Waals surface area contributed by atoms with Gasteiger partial charge in [0.05, 0.1) is 5.69 Å². The maximum atomic E-state index is 4.94. The van der Waals surface area contributed by atoms with E-state index in [-0.39, 0.29) is 0 Å². The number of aromatic nitrogens is 1. The minimum Gasteiger partial charge on any atom is -0.348 e. The van der Waals surface area contributed by atoms with E-state index in [2.05, 4.69) is 44.8 Å². The summed E-state index contributed by atoms with van der Waals surface area (Å²) in [5.74, 6) is 1.35. The molecule has 120 valence electrons. The second-order valence-corrected chi connectivity index (χ2v) is 8.68. The Kier molecular flexibility index (Phi) is 5.31. The van der Waals surface area contributed by atoms with Crippen molar-refractivity contribution in [1.29, 1.82) is 0 Å². The van der Waals surface area contributed by atoms with Crippen molar-refractivity contribution in [2.24, 2.45) is 11.3 Å². The Labute approximate surface area is 134 Å². The van der Waals surface area contributed by atoms with E-state index in [0.29, 0.717) is 11.3 Å². The molecule has 1 N–H and O–H groups in total. The first kappa shape index (κ1) is 16.8. The van der Waals surface area contributed by atoms with Crippen molar-refractivity contribution < 1.29 is 0 Å². The third-order valence-corrected chi connectivity index (χ3v) is 5.72. The van der Waals surface area contributed by atoms with E-state index in [1.54, 1.807) is 0 Å². The second-order valence-electron chi connectivity index (χ2n) is 7.62. The third-order valence-electron chi connectivity index (χ3n) is 4.59. The normalized spacial score (nSPS) is 17.8. The first-order valence-electron chi connectivity index (χ1n) is 8.22. The molecule has 1 aliphatic heterocycles. The largest absolute Gasteiger partial charge is 0.348 e. The fraction of sp³-hybridized carbons (Fsp3) is 0.824. The lowest BCUT2D eigenvalue weighted by atomic mass is 9.75. The van der Waals surface area contributed by atoms with Crippen molar-refractivity contribution in [3.63, 3.8) is 0 Å². The maximum absolute atomic E-state index is 4.94. The van der Waals surface area contributed by atoms with Crippen LogP contribution in [0.4, 0.5) is 5.13 Å². The Bertz CT molecular complexity index is 451. The SMILES string of the molecule is CNCc1sc(N2CCC(C(C)(C)C)CC2)nc1C(C)C. The number of piperidine rings is 1. The van der Waals surface area contributed by atoms with Crippen LogP contribution < -0.4 is 10.2 Å². The molecule has 1 aromatic heterocycles. The first-order valence-corrected chi connectivity index (χ1v) is 9.03. The molecule has 4 heteroatoms. The summed E-state index contributed by atoms with van der Waals surface area (Å²) in [7, 11) is 2.01. The van der Waals surface area contributed by atoms with E-state index in [9.17, 15) is 0 Å². The van der Waals surface area contributed by atoms with Gasteiger partial charge in [0, 0.05) is 24.5 Å². The molecule has 21 heavy (non-hydrogen) atoms. The van der Waals surface area contributed by atoms with E-state index in [4.69, 9.17) is 4.98 Å². The predicted molar refractivity (Wildman–Crippen MR) is 93.4 cm³/mol. The molecular weight excluding hydrogens is 278 g/mol. The summed E-state index contributed by atoms with van der Waals surface area (Å²) in [6.45, 7) is 14.9. The number of anilines is 1. The highest BCUT2D eigenvalue weighted by Gasteiger charge is 2.30. The standard InChI is InChI=1S/C17H31N3S/c1-12(2)15-14(11-18-6)21-16(19-15)20-9-7-13(8-10-20)17(3,4)5/h12-13,18H,7-11H2,1-6H3. The third kappa shape index (κ3) is 3.98. The first-order chi connectivity index (χ1) is 9.82. The van der Waals surface area contributed by atoms with Gasteiger partial charge < -0.3 is 10.2 Å².